The number of anilines is 2. The van der Waals surface area contributed by atoms with Gasteiger partial charge in [-0.05, 0) is 35.9 Å². The lowest BCUT2D eigenvalue weighted by molar-refractivity contribution is 0.0955. The first-order valence-electron chi connectivity index (χ1n) is 12.2. The molecule has 0 radical (unpaired) electrons. The molecular weight excluding hydrogens is 492 g/mol. The average molecular weight is 521 g/mol. The lowest BCUT2D eigenvalue weighted by atomic mass is 10.2. The van der Waals surface area contributed by atoms with Crippen LogP contribution < -0.4 is 24.7 Å². The summed E-state index contributed by atoms with van der Waals surface area (Å²) in [5.74, 6) is 1.62. The summed E-state index contributed by atoms with van der Waals surface area (Å²) in [5.41, 5.74) is 3.65. The van der Waals surface area contributed by atoms with Crippen LogP contribution in [0.15, 0.2) is 47.8 Å². The van der Waals surface area contributed by atoms with E-state index < -0.39 is 0 Å². The lowest BCUT2D eigenvalue weighted by Crippen LogP contribution is -2.40. The molecule has 2 fully saturated rings. The van der Waals surface area contributed by atoms with Crippen LogP contribution in [0.2, 0.25) is 0 Å². The van der Waals surface area contributed by atoms with Crippen molar-refractivity contribution in [2.45, 2.75) is 0 Å². The lowest BCUT2D eigenvalue weighted by Gasteiger charge is -2.30. The first-order chi connectivity index (χ1) is 18.7. The Balaban J connectivity index is 1.34. The van der Waals surface area contributed by atoms with Gasteiger partial charge in [-0.25, -0.2) is 5.43 Å². The van der Waals surface area contributed by atoms with Crippen molar-refractivity contribution in [2.24, 2.45) is 5.10 Å². The van der Waals surface area contributed by atoms with Crippen LogP contribution in [0.4, 0.5) is 11.9 Å². The molecule has 0 spiro atoms. The van der Waals surface area contributed by atoms with Crippen molar-refractivity contribution >= 4 is 24.0 Å². The quantitative estimate of drug-likeness (QED) is 0.342. The second-order valence-corrected chi connectivity index (χ2v) is 8.36. The molecule has 0 unspecified atom stereocenters. The van der Waals surface area contributed by atoms with E-state index in [1.807, 2.05) is 0 Å². The number of morpholine rings is 2. The molecule has 2 aliphatic heterocycles. The third kappa shape index (κ3) is 6.30. The largest absolute Gasteiger partial charge is 0.493 e. The fourth-order valence-electron chi connectivity index (χ4n) is 3.87. The maximum Gasteiger partial charge on any atom is 0.328 e. The predicted octanol–water partition coefficient (Wildman–Crippen LogP) is 1.50. The summed E-state index contributed by atoms with van der Waals surface area (Å²) in [5, 5.41) is 4.03. The van der Waals surface area contributed by atoms with Gasteiger partial charge in [0.1, 0.15) is 0 Å². The molecule has 1 N–H and O–H groups in total. The molecule has 0 atom stereocenters. The fourth-order valence-corrected chi connectivity index (χ4v) is 3.87. The molecule has 0 bridgehead atoms. The third-order valence-electron chi connectivity index (χ3n) is 5.89. The Kier molecular flexibility index (Phi) is 8.16. The van der Waals surface area contributed by atoms with Crippen molar-refractivity contribution in [3.63, 3.8) is 0 Å². The van der Waals surface area contributed by atoms with Crippen LogP contribution in [0.5, 0.6) is 17.5 Å². The Bertz CT molecular complexity index is 1230. The van der Waals surface area contributed by atoms with Crippen molar-refractivity contribution in [3.8, 4) is 17.5 Å². The topological polar surface area (TPSA) is 136 Å². The van der Waals surface area contributed by atoms with Gasteiger partial charge < -0.3 is 28.7 Å². The summed E-state index contributed by atoms with van der Waals surface area (Å²) in [6, 6.07) is 8.63. The summed E-state index contributed by atoms with van der Waals surface area (Å²) in [6.07, 6.45) is 4.60. The summed E-state index contributed by atoms with van der Waals surface area (Å²) in [7, 11) is 1.54. The highest BCUT2D eigenvalue weighted by Crippen LogP contribution is 2.32. The molecule has 0 saturated carbocycles. The molecule has 38 heavy (non-hydrogen) atoms. The maximum atomic E-state index is 12.2. The molecular formula is C25H28N8O5. The number of aromatic nitrogens is 4. The number of carbonyl (C=O) groups excluding carboxylic acids is 1. The number of hydrogen-bond donors (Lipinski definition) is 1. The van der Waals surface area contributed by atoms with E-state index in [1.54, 1.807) is 49.8 Å². The molecule has 2 aromatic heterocycles. The highest BCUT2D eigenvalue weighted by Gasteiger charge is 2.22. The predicted molar refractivity (Wildman–Crippen MR) is 138 cm³/mol. The van der Waals surface area contributed by atoms with Crippen molar-refractivity contribution in [1.82, 2.24) is 25.4 Å². The number of rotatable bonds is 8. The molecule has 198 valence electrons. The normalized spacial score (nSPS) is 15.9. The van der Waals surface area contributed by atoms with Gasteiger partial charge in [-0.2, -0.15) is 20.1 Å². The van der Waals surface area contributed by atoms with Crippen LogP contribution in [-0.4, -0.2) is 91.8 Å². The highest BCUT2D eigenvalue weighted by atomic mass is 16.5. The minimum Gasteiger partial charge on any atom is -0.493 e. The van der Waals surface area contributed by atoms with Crippen LogP contribution in [0.1, 0.15) is 15.9 Å². The minimum atomic E-state index is -0.336. The number of amides is 1. The third-order valence-corrected chi connectivity index (χ3v) is 5.89. The van der Waals surface area contributed by atoms with Crippen LogP contribution in [0.25, 0.3) is 0 Å². The summed E-state index contributed by atoms with van der Waals surface area (Å²) >= 11 is 0. The first kappa shape index (κ1) is 25.3. The van der Waals surface area contributed by atoms with Gasteiger partial charge in [0.2, 0.25) is 11.9 Å². The van der Waals surface area contributed by atoms with E-state index >= 15 is 0 Å². The monoisotopic (exact) mass is 520 g/mol. The Morgan fingerprint density at radius 1 is 0.921 bits per heavy atom. The standard InChI is InChI=1S/C25H28N8O5/c1-35-21-16-18(17-27-31-22(34)19-4-6-26-7-5-19)2-3-20(21)38-25-29-23(32-8-12-36-13-9-32)28-24(30-25)33-10-14-37-15-11-33/h2-7,16-17H,8-15H2,1H3,(H,31,34)/b27-17-. The minimum absolute atomic E-state index is 0.160. The number of nitrogens with zero attached hydrogens (tertiary/aromatic N) is 7. The first-order valence-corrected chi connectivity index (χ1v) is 12.2. The van der Waals surface area contributed by atoms with Gasteiger partial charge >= 0.3 is 6.01 Å². The van der Waals surface area contributed by atoms with Gasteiger partial charge in [-0.15, -0.1) is 0 Å². The van der Waals surface area contributed by atoms with E-state index in [0.717, 1.165) is 0 Å². The maximum absolute atomic E-state index is 12.2. The van der Waals surface area contributed by atoms with Crippen LogP contribution in [-0.2, 0) is 9.47 Å². The van der Waals surface area contributed by atoms with Gasteiger partial charge in [0.15, 0.2) is 11.5 Å². The van der Waals surface area contributed by atoms with Crippen molar-refractivity contribution in [3.05, 3.63) is 53.9 Å². The zero-order valence-electron chi connectivity index (χ0n) is 20.9. The van der Waals surface area contributed by atoms with Crippen molar-refractivity contribution < 1.29 is 23.7 Å². The molecule has 1 amide bonds. The molecule has 13 heteroatoms. The smallest absolute Gasteiger partial charge is 0.328 e. The molecule has 3 aromatic rings. The van der Waals surface area contributed by atoms with Gasteiger partial charge in [0, 0.05) is 44.1 Å². The molecule has 13 nitrogen and oxygen atoms in total. The zero-order valence-corrected chi connectivity index (χ0v) is 20.9. The molecule has 4 heterocycles. The second-order valence-electron chi connectivity index (χ2n) is 8.36. The number of benzene rings is 1. The van der Waals surface area contributed by atoms with Crippen LogP contribution in [0, 0.1) is 0 Å². The molecule has 1 aromatic carbocycles. The Morgan fingerprint density at radius 2 is 1.55 bits per heavy atom. The SMILES string of the molecule is COc1cc(/C=N\NC(=O)c2ccncc2)ccc1Oc1nc(N2CCOCC2)nc(N2CCOCC2)n1. The van der Waals surface area contributed by atoms with Gasteiger partial charge in [-0.1, -0.05) is 0 Å². The van der Waals surface area contributed by atoms with E-state index in [0.29, 0.717) is 87.1 Å². The van der Waals surface area contributed by atoms with E-state index in [9.17, 15) is 4.79 Å². The van der Waals surface area contributed by atoms with Gasteiger partial charge in [-0.3, -0.25) is 9.78 Å². The number of methoxy groups -OCH3 is 1. The fraction of sp³-hybridized carbons (Fsp3) is 0.360. The zero-order chi connectivity index (χ0) is 26.2. The number of hydrazone groups is 1. The van der Waals surface area contributed by atoms with Crippen LogP contribution in [0.3, 0.4) is 0 Å². The number of hydrogen-bond acceptors (Lipinski definition) is 12. The number of pyridine rings is 1. The van der Waals surface area contributed by atoms with E-state index in [4.69, 9.17) is 23.9 Å². The second kappa shape index (κ2) is 12.3. The van der Waals surface area contributed by atoms with E-state index in [-0.39, 0.29) is 11.9 Å². The Labute approximate surface area is 219 Å². The molecule has 5 rings (SSSR count). The molecule has 2 aliphatic rings. The highest BCUT2D eigenvalue weighted by molar-refractivity contribution is 5.94. The summed E-state index contributed by atoms with van der Waals surface area (Å²) in [4.78, 5) is 34.0. The van der Waals surface area contributed by atoms with Crippen molar-refractivity contribution in [2.75, 3.05) is 69.5 Å². The molecule has 2 saturated heterocycles. The Hall–Kier alpha value is -4.36. The van der Waals surface area contributed by atoms with Crippen molar-refractivity contribution in [1.29, 1.82) is 0 Å². The summed E-state index contributed by atoms with van der Waals surface area (Å²) in [6.45, 7) is 5.15. The average Bonchev–Trinajstić information content (AvgIpc) is 2.99. The number of nitrogens with one attached hydrogen (secondary N) is 1. The summed E-state index contributed by atoms with van der Waals surface area (Å²) < 4.78 is 22.6. The van der Waals surface area contributed by atoms with E-state index in [2.05, 4.69) is 35.3 Å². The van der Waals surface area contributed by atoms with Crippen LogP contribution >= 0.6 is 0 Å². The van der Waals surface area contributed by atoms with E-state index in [1.165, 1.54) is 6.21 Å². The van der Waals surface area contributed by atoms with Gasteiger partial charge in [0.05, 0.1) is 39.8 Å². The van der Waals surface area contributed by atoms with Gasteiger partial charge in [0.25, 0.3) is 5.91 Å². The Morgan fingerprint density at radius 3 is 2.16 bits per heavy atom. The molecule has 0 aliphatic carbocycles. The number of ether oxygens (including phenoxy) is 4. The number of carbonyl (C=O) groups is 1.